The Morgan fingerprint density at radius 2 is 2.42 bits per heavy atom. The highest BCUT2D eigenvalue weighted by Gasteiger charge is 2.36. The van der Waals surface area contributed by atoms with Gasteiger partial charge in [-0.05, 0) is 13.8 Å². The summed E-state index contributed by atoms with van der Waals surface area (Å²) in [7, 11) is 0. The average molecular weight is 171 g/mol. The van der Waals surface area contributed by atoms with Crippen LogP contribution in [0.4, 0.5) is 4.79 Å². The third-order valence-corrected chi connectivity index (χ3v) is 1.77. The fourth-order valence-electron chi connectivity index (χ4n) is 0.977. The summed E-state index contributed by atoms with van der Waals surface area (Å²) in [6.45, 7) is 4.63. The van der Waals surface area contributed by atoms with E-state index in [0.29, 0.717) is 19.0 Å². The van der Waals surface area contributed by atoms with E-state index in [1.54, 1.807) is 6.92 Å². The van der Waals surface area contributed by atoms with E-state index in [9.17, 15) is 4.79 Å². The molecular formula is C7H13N3O2. The molecule has 68 valence electrons. The van der Waals surface area contributed by atoms with Crippen LogP contribution in [-0.4, -0.2) is 30.6 Å². The summed E-state index contributed by atoms with van der Waals surface area (Å²) in [4.78, 5) is 14.4. The second kappa shape index (κ2) is 3.10. The highest BCUT2D eigenvalue weighted by atomic mass is 16.5. The first-order valence-corrected chi connectivity index (χ1v) is 3.83. The Morgan fingerprint density at radius 3 is 2.83 bits per heavy atom. The van der Waals surface area contributed by atoms with Gasteiger partial charge in [0.2, 0.25) is 0 Å². The zero-order chi connectivity index (χ0) is 9.19. The van der Waals surface area contributed by atoms with E-state index < -0.39 is 11.6 Å². The molecule has 12 heavy (non-hydrogen) atoms. The molecule has 0 saturated heterocycles. The summed E-state index contributed by atoms with van der Waals surface area (Å²) in [6, 6.07) is -0.394. The van der Waals surface area contributed by atoms with Crippen LogP contribution in [0.5, 0.6) is 0 Å². The van der Waals surface area contributed by atoms with Crippen LogP contribution in [0.2, 0.25) is 0 Å². The summed E-state index contributed by atoms with van der Waals surface area (Å²) in [5.74, 6) is 0.293. The van der Waals surface area contributed by atoms with Gasteiger partial charge in [0.15, 0.2) is 0 Å². The summed E-state index contributed by atoms with van der Waals surface area (Å²) >= 11 is 0. The topological polar surface area (TPSA) is 76.7 Å². The lowest BCUT2D eigenvalue weighted by Gasteiger charge is -2.22. The van der Waals surface area contributed by atoms with Gasteiger partial charge in [-0.2, -0.15) is 4.99 Å². The van der Waals surface area contributed by atoms with Crippen LogP contribution >= 0.6 is 0 Å². The minimum atomic E-state index is -0.618. The predicted octanol–water partition coefficient (Wildman–Crippen LogP) is -0.138. The Bertz CT molecular complexity index is 227. The van der Waals surface area contributed by atoms with Crippen molar-refractivity contribution in [3.8, 4) is 0 Å². The van der Waals surface area contributed by atoms with Gasteiger partial charge in [0, 0.05) is 6.61 Å². The van der Waals surface area contributed by atoms with Gasteiger partial charge < -0.3 is 15.8 Å². The molecule has 0 aromatic carbocycles. The largest absolute Gasteiger partial charge is 0.385 e. The van der Waals surface area contributed by atoms with E-state index in [2.05, 4.69) is 10.3 Å². The maximum atomic E-state index is 10.8. The fraction of sp³-hybridized carbons (Fsp3) is 0.714. The minimum absolute atomic E-state index is 0.293. The molecular weight excluding hydrogens is 158 g/mol. The molecule has 1 heterocycles. The molecule has 0 aliphatic carbocycles. The molecule has 0 aromatic heterocycles. The molecule has 0 bridgehead atoms. The molecule has 2 amide bonds. The number of urea groups is 1. The first-order chi connectivity index (χ1) is 5.58. The van der Waals surface area contributed by atoms with Gasteiger partial charge in [0.1, 0.15) is 11.4 Å². The summed E-state index contributed by atoms with van der Waals surface area (Å²) in [6.07, 6.45) is 0. The zero-order valence-corrected chi connectivity index (χ0v) is 7.26. The molecule has 0 aromatic rings. The van der Waals surface area contributed by atoms with Crippen LogP contribution < -0.4 is 11.1 Å². The van der Waals surface area contributed by atoms with E-state index in [4.69, 9.17) is 10.5 Å². The Labute approximate surface area is 71.0 Å². The fourth-order valence-corrected chi connectivity index (χ4v) is 0.977. The lowest BCUT2D eigenvalue weighted by molar-refractivity contribution is 0.115. The van der Waals surface area contributed by atoms with E-state index in [0.717, 1.165) is 0 Å². The third kappa shape index (κ3) is 1.55. The molecule has 0 radical (unpaired) electrons. The highest BCUT2D eigenvalue weighted by molar-refractivity contribution is 6.05. The number of nitrogens with one attached hydrogen (secondary N) is 1. The smallest absolute Gasteiger partial charge is 0.343 e. The Kier molecular flexibility index (Phi) is 2.32. The number of ether oxygens (including phenoxy) is 1. The molecule has 0 fully saturated rings. The van der Waals surface area contributed by atoms with Gasteiger partial charge >= 0.3 is 6.03 Å². The van der Waals surface area contributed by atoms with Crippen molar-refractivity contribution < 1.29 is 9.53 Å². The predicted molar refractivity (Wildman–Crippen MR) is 45.1 cm³/mol. The lowest BCUT2D eigenvalue weighted by Crippen LogP contribution is -2.52. The summed E-state index contributed by atoms with van der Waals surface area (Å²) in [5, 5.41) is 2.62. The molecule has 1 rings (SSSR count). The summed E-state index contributed by atoms with van der Waals surface area (Å²) < 4.78 is 5.16. The second-order valence-corrected chi connectivity index (χ2v) is 2.90. The van der Waals surface area contributed by atoms with Crippen molar-refractivity contribution >= 4 is 11.9 Å². The van der Waals surface area contributed by atoms with Crippen LogP contribution in [-0.2, 0) is 4.74 Å². The number of nitrogens with zero attached hydrogens (tertiary/aromatic N) is 1. The van der Waals surface area contributed by atoms with Crippen LogP contribution in [0, 0.1) is 0 Å². The zero-order valence-electron chi connectivity index (χ0n) is 7.26. The quantitative estimate of drug-likeness (QED) is 0.620. The number of amides is 2. The van der Waals surface area contributed by atoms with Crippen molar-refractivity contribution in [1.29, 1.82) is 0 Å². The van der Waals surface area contributed by atoms with Crippen molar-refractivity contribution in [1.82, 2.24) is 5.32 Å². The molecule has 0 saturated carbocycles. The average Bonchev–Trinajstić information content (AvgIpc) is 2.23. The second-order valence-electron chi connectivity index (χ2n) is 2.90. The molecule has 3 N–H and O–H groups in total. The lowest BCUT2D eigenvalue weighted by atomic mass is 10.0. The number of nitrogens with two attached hydrogens (primary N) is 1. The van der Waals surface area contributed by atoms with Crippen molar-refractivity contribution in [2.75, 3.05) is 13.2 Å². The van der Waals surface area contributed by atoms with Gasteiger partial charge in [-0.3, -0.25) is 0 Å². The highest BCUT2D eigenvalue weighted by Crippen LogP contribution is 2.10. The van der Waals surface area contributed by atoms with Crippen molar-refractivity contribution in [3.05, 3.63) is 0 Å². The normalized spacial score (nSPS) is 28.5. The third-order valence-electron chi connectivity index (χ3n) is 1.77. The van der Waals surface area contributed by atoms with E-state index in [1.807, 2.05) is 6.92 Å². The Balaban J connectivity index is 2.61. The molecule has 1 aliphatic heterocycles. The van der Waals surface area contributed by atoms with Crippen molar-refractivity contribution in [3.63, 3.8) is 0 Å². The monoisotopic (exact) mass is 171 g/mol. The van der Waals surface area contributed by atoms with Crippen molar-refractivity contribution in [2.24, 2.45) is 10.7 Å². The van der Waals surface area contributed by atoms with Gasteiger partial charge in [0.25, 0.3) is 0 Å². The van der Waals surface area contributed by atoms with Crippen LogP contribution in [0.1, 0.15) is 13.8 Å². The maximum Gasteiger partial charge on any atom is 0.343 e. The molecule has 0 spiro atoms. The molecule has 5 heteroatoms. The van der Waals surface area contributed by atoms with Crippen LogP contribution in [0.15, 0.2) is 4.99 Å². The number of amidine groups is 1. The standard InChI is InChI=1S/C7H13N3O2/c1-3-12-4-7(2)5(8)9-6(11)10-7/h3-4H2,1-2H3,(H3,8,9,10,11). The summed E-state index contributed by atoms with van der Waals surface area (Å²) in [5.41, 5.74) is 4.91. The molecule has 1 aliphatic rings. The number of aliphatic imine (C=N–C) groups is 1. The molecule has 1 unspecified atom stereocenters. The minimum Gasteiger partial charge on any atom is -0.385 e. The van der Waals surface area contributed by atoms with Gasteiger partial charge in [-0.25, -0.2) is 4.79 Å². The van der Waals surface area contributed by atoms with Gasteiger partial charge in [0.05, 0.1) is 6.61 Å². The SMILES string of the molecule is CCOCC1(C)NC(=O)N=C1N. The number of rotatable bonds is 3. The number of hydrogen-bond acceptors (Lipinski definition) is 3. The van der Waals surface area contributed by atoms with E-state index in [-0.39, 0.29) is 0 Å². The van der Waals surface area contributed by atoms with E-state index >= 15 is 0 Å². The number of hydrogen-bond donors (Lipinski definition) is 2. The first kappa shape index (κ1) is 8.99. The van der Waals surface area contributed by atoms with E-state index in [1.165, 1.54) is 0 Å². The van der Waals surface area contributed by atoms with Crippen molar-refractivity contribution in [2.45, 2.75) is 19.4 Å². The Hall–Kier alpha value is -1.10. The van der Waals surface area contributed by atoms with Crippen LogP contribution in [0.3, 0.4) is 0 Å². The molecule has 1 atom stereocenters. The molecule has 5 nitrogen and oxygen atoms in total. The number of carbonyl (C=O) groups is 1. The first-order valence-electron chi connectivity index (χ1n) is 3.83. The maximum absolute atomic E-state index is 10.8. The van der Waals surface area contributed by atoms with Crippen LogP contribution in [0.25, 0.3) is 0 Å². The van der Waals surface area contributed by atoms with Gasteiger partial charge in [-0.1, -0.05) is 0 Å². The Morgan fingerprint density at radius 1 is 1.75 bits per heavy atom. The van der Waals surface area contributed by atoms with Gasteiger partial charge in [-0.15, -0.1) is 0 Å². The number of carbonyl (C=O) groups excluding carboxylic acids is 1.